The molecule has 1 aromatic heterocycles. The van der Waals surface area contributed by atoms with Crippen molar-refractivity contribution in [2.75, 3.05) is 29.9 Å². The Kier molecular flexibility index (Phi) is 9.76. The van der Waals surface area contributed by atoms with Gasteiger partial charge in [0.25, 0.3) is 5.91 Å². The number of nitrogens with one attached hydrogen (secondary N) is 2. The quantitative estimate of drug-likeness (QED) is 0.280. The summed E-state index contributed by atoms with van der Waals surface area (Å²) in [5.41, 5.74) is -2.80. The number of carbonyl (C=O) groups excluding carboxylic acids is 2. The Hall–Kier alpha value is -3.17. The zero-order valence-corrected chi connectivity index (χ0v) is 26.7. The zero-order valence-electron chi connectivity index (χ0n) is 23.5. The van der Waals surface area contributed by atoms with Gasteiger partial charge < -0.3 is 20.3 Å². The van der Waals surface area contributed by atoms with Crippen molar-refractivity contribution in [3.63, 3.8) is 0 Å². The highest BCUT2D eigenvalue weighted by atomic mass is 79.9. The fourth-order valence-electron chi connectivity index (χ4n) is 4.75. The maximum Gasteiger partial charge on any atom is 0.419 e. The van der Waals surface area contributed by atoms with Gasteiger partial charge in [-0.3, -0.25) is 4.79 Å². The average molecular weight is 704 g/mol. The Bertz CT molecular complexity index is 1590. The Labute approximate surface area is 259 Å². The first-order valence-corrected chi connectivity index (χ1v) is 16.4. The lowest BCUT2D eigenvalue weighted by Crippen LogP contribution is -2.43. The van der Waals surface area contributed by atoms with Gasteiger partial charge in [-0.1, -0.05) is 18.2 Å². The molecule has 43 heavy (non-hydrogen) atoms. The first-order chi connectivity index (χ1) is 20.1. The van der Waals surface area contributed by atoms with Crippen LogP contribution in [-0.4, -0.2) is 50.6 Å². The van der Waals surface area contributed by atoms with Gasteiger partial charge in [0.2, 0.25) is 9.84 Å². The molecule has 2 amide bonds. The summed E-state index contributed by atoms with van der Waals surface area (Å²) in [6.07, 6.45) is -4.71. The van der Waals surface area contributed by atoms with Gasteiger partial charge in [-0.15, -0.1) is 11.3 Å². The van der Waals surface area contributed by atoms with Gasteiger partial charge in [0.1, 0.15) is 11.3 Å². The number of rotatable bonds is 7. The molecule has 1 fully saturated rings. The SMILES string of the molecule is CC(C)(C)OC(=O)NC[C@@H]1CCCN(c2c(NC(=O)c3csc(Br)n3)ccc(S(=O)(=O)c3ccccc3)c2C(F)(F)F)C1. The van der Waals surface area contributed by atoms with Gasteiger partial charge in [0, 0.05) is 25.0 Å². The number of ether oxygens (including phenoxy) is 1. The van der Waals surface area contributed by atoms with Gasteiger partial charge in [-0.2, -0.15) is 13.2 Å². The van der Waals surface area contributed by atoms with Crippen molar-refractivity contribution in [2.45, 2.75) is 55.2 Å². The standard InChI is InChI=1S/C28H30BrF3N4O5S2/c1-27(2,3)41-26(38)33-14-17-8-7-13-36(15-17)23-19(34-24(37)20-16-42-25(29)35-20)11-12-21(22(23)28(30,31)32)43(39,40)18-9-5-4-6-10-18/h4-6,9-12,16-17H,7-8,13-15H2,1-3H3,(H,33,38)(H,34,37)/t17-/m0/s1. The number of nitrogens with zero attached hydrogens (tertiary/aromatic N) is 2. The van der Waals surface area contributed by atoms with Crippen LogP contribution in [0.2, 0.25) is 0 Å². The number of alkyl carbamates (subject to hydrolysis) is 1. The highest BCUT2D eigenvalue weighted by Crippen LogP contribution is 2.47. The second-order valence-corrected chi connectivity index (χ2v) is 15.0. The fourth-order valence-corrected chi connectivity index (χ4v) is 7.23. The number of benzene rings is 2. The molecule has 1 aliphatic heterocycles. The molecule has 1 saturated heterocycles. The maximum atomic E-state index is 15.0. The Morgan fingerprint density at radius 3 is 2.44 bits per heavy atom. The van der Waals surface area contributed by atoms with Crippen LogP contribution in [0.5, 0.6) is 0 Å². The van der Waals surface area contributed by atoms with E-state index in [0.29, 0.717) is 16.8 Å². The van der Waals surface area contributed by atoms with E-state index in [1.807, 2.05) is 0 Å². The smallest absolute Gasteiger partial charge is 0.419 e. The summed E-state index contributed by atoms with van der Waals surface area (Å²) in [6, 6.07) is 8.90. The van der Waals surface area contributed by atoms with Gasteiger partial charge in [-0.05, 0) is 79.7 Å². The third kappa shape index (κ3) is 8.06. The second kappa shape index (κ2) is 12.8. The zero-order chi connectivity index (χ0) is 31.6. The number of thiazole rings is 1. The number of amides is 2. The van der Waals surface area contributed by atoms with Crippen molar-refractivity contribution in [1.29, 1.82) is 0 Å². The molecule has 9 nitrogen and oxygen atoms in total. The summed E-state index contributed by atoms with van der Waals surface area (Å²) in [4.78, 5) is 29.5. The largest absolute Gasteiger partial charge is 0.444 e. The van der Waals surface area contributed by atoms with Crippen molar-refractivity contribution in [2.24, 2.45) is 5.92 Å². The molecule has 4 rings (SSSR count). The van der Waals surface area contributed by atoms with Crippen molar-refractivity contribution < 1.29 is 35.9 Å². The van der Waals surface area contributed by atoms with Gasteiger partial charge in [0.15, 0.2) is 3.92 Å². The topological polar surface area (TPSA) is 118 Å². The van der Waals surface area contributed by atoms with Crippen molar-refractivity contribution >= 4 is 60.5 Å². The molecule has 0 aliphatic carbocycles. The van der Waals surface area contributed by atoms with E-state index < -0.39 is 49.8 Å². The fraction of sp³-hybridized carbons (Fsp3) is 0.393. The minimum absolute atomic E-state index is 0.0181. The van der Waals surface area contributed by atoms with Crippen LogP contribution in [0.15, 0.2) is 61.6 Å². The molecule has 2 aromatic carbocycles. The second-order valence-electron chi connectivity index (χ2n) is 10.9. The molecule has 0 spiro atoms. The van der Waals surface area contributed by atoms with Crippen LogP contribution in [0, 0.1) is 5.92 Å². The molecule has 2 heterocycles. The lowest BCUT2D eigenvalue weighted by Gasteiger charge is -2.37. The van der Waals surface area contributed by atoms with E-state index in [4.69, 9.17) is 4.74 Å². The first-order valence-electron chi connectivity index (χ1n) is 13.2. The molecule has 15 heteroatoms. The van der Waals surface area contributed by atoms with Gasteiger partial charge in [-0.25, -0.2) is 18.2 Å². The summed E-state index contributed by atoms with van der Waals surface area (Å²) in [5.74, 6) is -1.04. The highest BCUT2D eigenvalue weighted by Gasteiger charge is 2.43. The lowest BCUT2D eigenvalue weighted by molar-refractivity contribution is -0.139. The minimum atomic E-state index is -5.11. The number of alkyl halides is 3. The summed E-state index contributed by atoms with van der Waals surface area (Å²) in [7, 11) is -4.61. The van der Waals surface area contributed by atoms with Crippen LogP contribution in [0.4, 0.5) is 29.3 Å². The normalized spacial score (nSPS) is 16.1. The van der Waals surface area contributed by atoms with E-state index >= 15 is 0 Å². The summed E-state index contributed by atoms with van der Waals surface area (Å²) < 4.78 is 77.7. The molecule has 232 valence electrons. The van der Waals surface area contributed by atoms with E-state index in [2.05, 4.69) is 31.5 Å². The number of aromatic nitrogens is 1. The number of anilines is 2. The molecule has 3 aromatic rings. The summed E-state index contributed by atoms with van der Waals surface area (Å²) in [5, 5.41) is 6.63. The van der Waals surface area contributed by atoms with Gasteiger partial charge in [0.05, 0.1) is 26.7 Å². The van der Waals surface area contributed by atoms with E-state index in [0.717, 1.165) is 17.4 Å². The first kappa shape index (κ1) is 32.7. The molecule has 0 radical (unpaired) electrons. The molecule has 0 bridgehead atoms. The average Bonchev–Trinajstić information content (AvgIpc) is 3.37. The molecule has 0 saturated carbocycles. The van der Waals surface area contributed by atoms with E-state index in [1.165, 1.54) is 40.6 Å². The molecule has 1 aliphatic rings. The maximum absolute atomic E-state index is 15.0. The summed E-state index contributed by atoms with van der Waals surface area (Å²) >= 11 is 4.29. The van der Waals surface area contributed by atoms with Crippen LogP contribution in [-0.2, 0) is 20.8 Å². The van der Waals surface area contributed by atoms with E-state index in [-0.39, 0.29) is 41.8 Å². The number of sulfone groups is 1. The van der Waals surface area contributed by atoms with Crippen LogP contribution in [0.3, 0.4) is 0 Å². The molecular formula is C28H30BrF3N4O5S2. The minimum Gasteiger partial charge on any atom is -0.444 e. The van der Waals surface area contributed by atoms with Crippen molar-refractivity contribution in [3.8, 4) is 0 Å². The Morgan fingerprint density at radius 1 is 1.14 bits per heavy atom. The number of carbonyl (C=O) groups is 2. The summed E-state index contributed by atoms with van der Waals surface area (Å²) in [6.45, 7) is 5.48. The predicted molar refractivity (Wildman–Crippen MR) is 160 cm³/mol. The number of halogens is 4. The van der Waals surface area contributed by atoms with E-state index in [9.17, 15) is 31.2 Å². The van der Waals surface area contributed by atoms with Gasteiger partial charge >= 0.3 is 12.3 Å². The highest BCUT2D eigenvalue weighted by molar-refractivity contribution is 9.11. The van der Waals surface area contributed by atoms with Crippen molar-refractivity contribution in [3.05, 3.63) is 63.0 Å². The van der Waals surface area contributed by atoms with Crippen molar-refractivity contribution in [1.82, 2.24) is 10.3 Å². The third-order valence-electron chi connectivity index (χ3n) is 6.49. The monoisotopic (exact) mass is 702 g/mol. The Morgan fingerprint density at radius 2 is 1.84 bits per heavy atom. The van der Waals surface area contributed by atoms with Crippen LogP contribution < -0.4 is 15.5 Å². The third-order valence-corrected chi connectivity index (χ3v) is 9.67. The number of piperidine rings is 1. The number of hydrogen-bond donors (Lipinski definition) is 2. The molecule has 1 atom stereocenters. The lowest BCUT2D eigenvalue weighted by atomic mass is 9.96. The molecule has 0 unspecified atom stereocenters. The predicted octanol–water partition coefficient (Wildman–Crippen LogP) is 6.75. The van der Waals surface area contributed by atoms with Crippen LogP contribution >= 0.6 is 27.3 Å². The molecular weight excluding hydrogens is 673 g/mol. The van der Waals surface area contributed by atoms with Crippen LogP contribution in [0.1, 0.15) is 49.7 Å². The number of hydrogen-bond acceptors (Lipinski definition) is 8. The van der Waals surface area contributed by atoms with E-state index in [1.54, 1.807) is 26.8 Å². The molecule has 2 N–H and O–H groups in total. The Balaban J connectivity index is 1.79. The van der Waals surface area contributed by atoms with Crippen LogP contribution in [0.25, 0.3) is 0 Å².